The Bertz CT molecular complexity index is 799. The molecule has 1 atom stereocenters. The lowest BCUT2D eigenvalue weighted by Gasteiger charge is -2.32. The summed E-state index contributed by atoms with van der Waals surface area (Å²) in [6.07, 6.45) is 2.98. The number of carbonyl (C=O) groups is 2. The number of likely N-dealkylation sites (tertiary alicyclic amines) is 1. The standard InChI is InChI=1S/C18H20FN3O4/c19-14-3-1-2-12(8-14)16(23)9-17(24)21-6-4-15(5-7-21)22-11-13(10-20-22)18(25)26/h1-3,8,10-11,15-16,23H,4-7,9H2,(H,25,26). The van der Waals surface area contributed by atoms with Gasteiger partial charge in [-0.3, -0.25) is 9.48 Å². The number of rotatable bonds is 5. The smallest absolute Gasteiger partial charge is 0.338 e. The number of benzene rings is 1. The first-order valence-corrected chi connectivity index (χ1v) is 8.43. The molecule has 2 heterocycles. The van der Waals surface area contributed by atoms with Gasteiger partial charge in [0.2, 0.25) is 5.91 Å². The number of carboxylic acid groups (broad SMARTS) is 1. The highest BCUT2D eigenvalue weighted by atomic mass is 19.1. The van der Waals surface area contributed by atoms with Gasteiger partial charge in [0.05, 0.1) is 30.3 Å². The fourth-order valence-electron chi connectivity index (χ4n) is 3.15. The highest BCUT2D eigenvalue weighted by molar-refractivity contribution is 5.86. The number of nitrogens with zero attached hydrogens (tertiary/aromatic N) is 3. The van der Waals surface area contributed by atoms with Crippen LogP contribution in [-0.4, -0.2) is 49.9 Å². The van der Waals surface area contributed by atoms with Crippen LogP contribution in [0, 0.1) is 5.82 Å². The zero-order chi connectivity index (χ0) is 18.7. The molecule has 138 valence electrons. The maximum atomic E-state index is 13.2. The van der Waals surface area contributed by atoms with Crippen molar-refractivity contribution in [1.29, 1.82) is 0 Å². The molecule has 1 aliphatic rings. The SMILES string of the molecule is O=C(O)c1cnn(C2CCN(C(=O)CC(O)c3cccc(F)c3)CC2)c1. The van der Waals surface area contributed by atoms with E-state index in [-0.39, 0.29) is 23.9 Å². The molecule has 7 nitrogen and oxygen atoms in total. The van der Waals surface area contributed by atoms with Crippen LogP contribution in [0.3, 0.4) is 0 Å². The van der Waals surface area contributed by atoms with Gasteiger partial charge >= 0.3 is 5.97 Å². The average molecular weight is 361 g/mol. The first-order valence-electron chi connectivity index (χ1n) is 8.43. The van der Waals surface area contributed by atoms with Gasteiger partial charge in [0.15, 0.2) is 0 Å². The number of aromatic carboxylic acids is 1. The van der Waals surface area contributed by atoms with Crippen molar-refractivity contribution < 1.29 is 24.2 Å². The van der Waals surface area contributed by atoms with E-state index in [1.54, 1.807) is 15.6 Å². The second-order valence-corrected chi connectivity index (χ2v) is 6.40. The monoisotopic (exact) mass is 361 g/mol. The van der Waals surface area contributed by atoms with Gasteiger partial charge < -0.3 is 15.1 Å². The minimum atomic E-state index is -1.04. The lowest BCUT2D eigenvalue weighted by Crippen LogP contribution is -2.39. The molecule has 2 aromatic rings. The second-order valence-electron chi connectivity index (χ2n) is 6.40. The molecule has 1 fully saturated rings. The summed E-state index contributed by atoms with van der Waals surface area (Å²) in [6, 6.07) is 5.64. The van der Waals surface area contributed by atoms with Crippen molar-refractivity contribution in [3.63, 3.8) is 0 Å². The fourth-order valence-corrected chi connectivity index (χ4v) is 3.15. The predicted molar refractivity (Wildman–Crippen MR) is 90.0 cm³/mol. The van der Waals surface area contributed by atoms with E-state index >= 15 is 0 Å². The molecule has 1 saturated heterocycles. The predicted octanol–water partition coefficient (Wildman–Crippen LogP) is 2.01. The number of hydrogen-bond donors (Lipinski definition) is 2. The Morgan fingerprint density at radius 3 is 2.65 bits per heavy atom. The van der Waals surface area contributed by atoms with Gasteiger partial charge in [0, 0.05) is 19.3 Å². The summed E-state index contributed by atoms with van der Waals surface area (Å²) in [5.41, 5.74) is 0.521. The lowest BCUT2D eigenvalue weighted by molar-refractivity contribution is -0.134. The molecule has 0 aliphatic carbocycles. The van der Waals surface area contributed by atoms with E-state index in [1.807, 2.05) is 0 Å². The summed E-state index contributed by atoms with van der Waals surface area (Å²) in [4.78, 5) is 25.0. The summed E-state index contributed by atoms with van der Waals surface area (Å²) >= 11 is 0. The number of piperidine rings is 1. The minimum absolute atomic E-state index is 0.0419. The molecule has 8 heteroatoms. The van der Waals surface area contributed by atoms with Crippen molar-refractivity contribution in [2.75, 3.05) is 13.1 Å². The van der Waals surface area contributed by atoms with Gasteiger partial charge in [-0.15, -0.1) is 0 Å². The number of hydrogen-bond acceptors (Lipinski definition) is 4. The molecule has 1 amide bonds. The minimum Gasteiger partial charge on any atom is -0.478 e. The Morgan fingerprint density at radius 2 is 2.04 bits per heavy atom. The summed E-state index contributed by atoms with van der Waals surface area (Å²) in [5, 5.41) is 23.2. The molecule has 1 aromatic carbocycles. The average Bonchev–Trinajstić information content (AvgIpc) is 3.12. The van der Waals surface area contributed by atoms with E-state index in [0.717, 1.165) is 0 Å². The first-order chi connectivity index (χ1) is 12.4. The maximum absolute atomic E-state index is 13.2. The van der Waals surface area contributed by atoms with E-state index in [2.05, 4.69) is 5.10 Å². The lowest BCUT2D eigenvalue weighted by atomic mass is 10.0. The zero-order valence-corrected chi connectivity index (χ0v) is 14.1. The Balaban J connectivity index is 1.54. The van der Waals surface area contributed by atoms with E-state index < -0.39 is 17.9 Å². The van der Waals surface area contributed by atoms with Gasteiger partial charge in [-0.2, -0.15) is 5.10 Å². The molecule has 1 unspecified atom stereocenters. The van der Waals surface area contributed by atoms with Crippen molar-refractivity contribution >= 4 is 11.9 Å². The third kappa shape index (κ3) is 4.08. The van der Waals surface area contributed by atoms with Gasteiger partial charge in [-0.05, 0) is 30.5 Å². The molecule has 26 heavy (non-hydrogen) atoms. The maximum Gasteiger partial charge on any atom is 0.338 e. The Morgan fingerprint density at radius 1 is 1.31 bits per heavy atom. The molecule has 0 radical (unpaired) electrons. The summed E-state index contributed by atoms with van der Waals surface area (Å²) in [7, 11) is 0. The first kappa shape index (κ1) is 18.1. The molecule has 0 saturated carbocycles. The van der Waals surface area contributed by atoms with Gasteiger partial charge in [0.1, 0.15) is 5.82 Å². The summed E-state index contributed by atoms with van der Waals surface area (Å²) < 4.78 is 14.9. The molecular weight excluding hydrogens is 341 g/mol. The summed E-state index contributed by atoms with van der Waals surface area (Å²) in [5.74, 6) is -1.66. The highest BCUT2D eigenvalue weighted by Crippen LogP contribution is 2.24. The number of aliphatic hydroxyl groups is 1. The van der Waals surface area contributed by atoms with Crippen LogP contribution in [-0.2, 0) is 4.79 Å². The number of aliphatic hydroxyl groups excluding tert-OH is 1. The molecule has 1 aromatic heterocycles. The van der Waals surface area contributed by atoms with Crippen LogP contribution in [0.15, 0.2) is 36.7 Å². The number of amides is 1. The Hall–Kier alpha value is -2.74. The van der Waals surface area contributed by atoms with E-state index in [0.29, 0.717) is 31.5 Å². The molecule has 0 bridgehead atoms. The van der Waals surface area contributed by atoms with Crippen molar-refractivity contribution in [2.24, 2.45) is 0 Å². The van der Waals surface area contributed by atoms with Crippen molar-refractivity contribution in [3.8, 4) is 0 Å². The van der Waals surface area contributed by atoms with Crippen LogP contribution in [0.1, 0.15) is 47.3 Å². The van der Waals surface area contributed by atoms with Gasteiger partial charge in [-0.1, -0.05) is 12.1 Å². The molecule has 3 rings (SSSR count). The van der Waals surface area contributed by atoms with Crippen LogP contribution in [0.4, 0.5) is 4.39 Å². The zero-order valence-electron chi connectivity index (χ0n) is 14.1. The summed E-state index contributed by atoms with van der Waals surface area (Å²) in [6.45, 7) is 1.00. The van der Waals surface area contributed by atoms with Crippen molar-refractivity contribution in [2.45, 2.75) is 31.4 Å². The Kier molecular flexibility index (Phi) is 5.32. The van der Waals surface area contributed by atoms with Gasteiger partial charge in [-0.25, -0.2) is 9.18 Å². The van der Waals surface area contributed by atoms with Crippen LogP contribution in [0.5, 0.6) is 0 Å². The number of carboxylic acids is 1. The number of aromatic nitrogens is 2. The number of halogens is 1. The van der Waals surface area contributed by atoms with E-state index in [9.17, 15) is 19.1 Å². The van der Waals surface area contributed by atoms with Gasteiger partial charge in [0.25, 0.3) is 0 Å². The third-order valence-electron chi connectivity index (χ3n) is 4.64. The largest absolute Gasteiger partial charge is 0.478 e. The van der Waals surface area contributed by atoms with Crippen molar-refractivity contribution in [3.05, 3.63) is 53.6 Å². The molecule has 0 spiro atoms. The normalized spacial score (nSPS) is 16.5. The molecular formula is C18H20FN3O4. The van der Waals surface area contributed by atoms with E-state index in [1.165, 1.54) is 30.6 Å². The highest BCUT2D eigenvalue weighted by Gasteiger charge is 2.26. The topological polar surface area (TPSA) is 95.7 Å². The molecule has 2 N–H and O–H groups in total. The quantitative estimate of drug-likeness (QED) is 0.849. The van der Waals surface area contributed by atoms with Crippen LogP contribution in [0.25, 0.3) is 0 Å². The Labute approximate surface area is 149 Å². The second kappa shape index (κ2) is 7.65. The fraction of sp³-hybridized carbons (Fsp3) is 0.389. The van der Waals surface area contributed by atoms with Crippen LogP contribution >= 0.6 is 0 Å². The van der Waals surface area contributed by atoms with Crippen LogP contribution in [0.2, 0.25) is 0 Å². The third-order valence-corrected chi connectivity index (χ3v) is 4.64. The number of carbonyl (C=O) groups excluding carboxylic acids is 1. The van der Waals surface area contributed by atoms with Crippen LogP contribution < -0.4 is 0 Å². The van der Waals surface area contributed by atoms with E-state index in [4.69, 9.17) is 5.11 Å². The molecule has 1 aliphatic heterocycles. The van der Waals surface area contributed by atoms with Crippen molar-refractivity contribution in [1.82, 2.24) is 14.7 Å².